The molecule has 0 bridgehead atoms. The third-order valence-electron chi connectivity index (χ3n) is 6.75. The molecule has 2 saturated heterocycles. The number of anilines is 1. The van der Waals surface area contributed by atoms with Crippen LogP contribution in [0.5, 0.6) is 0 Å². The van der Waals surface area contributed by atoms with Crippen molar-refractivity contribution in [2.24, 2.45) is 0 Å². The maximum Gasteiger partial charge on any atom is 0.251 e. The fourth-order valence-corrected chi connectivity index (χ4v) is 4.86. The van der Waals surface area contributed by atoms with Crippen molar-refractivity contribution in [1.29, 1.82) is 0 Å². The normalized spacial score (nSPS) is 16.5. The molecule has 180 valence electrons. The minimum absolute atomic E-state index is 0.122. The van der Waals surface area contributed by atoms with Crippen LogP contribution in [0.15, 0.2) is 72.8 Å². The van der Waals surface area contributed by atoms with Crippen molar-refractivity contribution in [3.8, 4) is 11.1 Å². The van der Waals surface area contributed by atoms with Crippen LogP contribution in [0, 0.1) is 0 Å². The van der Waals surface area contributed by atoms with E-state index in [-0.39, 0.29) is 11.8 Å². The highest BCUT2D eigenvalue weighted by molar-refractivity contribution is 5.99. The van der Waals surface area contributed by atoms with Gasteiger partial charge in [0, 0.05) is 63.5 Å². The molecule has 0 radical (unpaired) electrons. The Morgan fingerprint density at radius 1 is 0.857 bits per heavy atom. The molecule has 3 aromatic carbocycles. The molecule has 6 nitrogen and oxygen atoms in total. The molecule has 0 aromatic heterocycles. The maximum absolute atomic E-state index is 12.8. The van der Waals surface area contributed by atoms with E-state index in [4.69, 9.17) is 0 Å². The van der Waals surface area contributed by atoms with Gasteiger partial charge in [0.25, 0.3) is 5.91 Å². The fraction of sp³-hybridized carbons (Fsp3) is 0.310. The van der Waals surface area contributed by atoms with E-state index in [0.29, 0.717) is 25.1 Å². The summed E-state index contributed by atoms with van der Waals surface area (Å²) in [7, 11) is 0. The highest BCUT2D eigenvalue weighted by atomic mass is 16.2. The van der Waals surface area contributed by atoms with Crippen molar-refractivity contribution in [3.63, 3.8) is 0 Å². The van der Waals surface area contributed by atoms with Gasteiger partial charge in [-0.15, -0.1) is 0 Å². The molecule has 2 amide bonds. The number of hydrogen-bond donors (Lipinski definition) is 2. The molecule has 0 aliphatic carbocycles. The monoisotopic (exact) mass is 468 g/mol. The van der Waals surface area contributed by atoms with E-state index in [0.717, 1.165) is 56.0 Å². The van der Waals surface area contributed by atoms with E-state index >= 15 is 0 Å². The Hall–Kier alpha value is -3.48. The first-order valence-electron chi connectivity index (χ1n) is 12.5. The van der Waals surface area contributed by atoms with Crippen LogP contribution in [0.25, 0.3) is 11.1 Å². The number of carbonyl (C=O) groups excluding carboxylic acids is 2. The van der Waals surface area contributed by atoms with Gasteiger partial charge in [-0.3, -0.25) is 14.5 Å². The van der Waals surface area contributed by atoms with Crippen LogP contribution in [0.4, 0.5) is 5.69 Å². The smallest absolute Gasteiger partial charge is 0.251 e. The largest absolute Gasteiger partial charge is 0.348 e. The third-order valence-corrected chi connectivity index (χ3v) is 6.75. The van der Waals surface area contributed by atoms with Crippen LogP contribution in [-0.2, 0) is 17.9 Å². The Morgan fingerprint density at radius 3 is 2.31 bits per heavy atom. The van der Waals surface area contributed by atoms with Crippen molar-refractivity contribution < 1.29 is 9.59 Å². The molecule has 0 atom stereocenters. The average molecular weight is 469 g/mol. The summed E-state index contributed by atoms with van der Waals surface area (Å²) in [5.41, 5.74) is 6.07. The SMILES string of the molecule is O=C(NCc1cccc(-c2cccc(CN3CCNCC3)c2)c1)c1cccc(N2CCCC2=O)c1. The second-order valence-corrected chi connectivity index (χ2v) is 9.31. The summed E-state index contributed by atoms with van der Waals surface area (Å²) < 4.78 is 0. The van der Waals surface area contributed by atoms with Crippen molar-refractivity contribution >= 4 is 17.5 Å². The molecular weight excluding hydrogens is 436 g/mol. The van der Waals surface area contributed by atoms with Gasteiger partial charge in [0.1, 0.15) is 0 Å². The number of nitrogens with one attached hydrogen (secondary N) is 2. The number of carbonyl (C=O) groups is 2. The van der Waals surface area contributed by atoms with Gasteiger partial charge in [-0.25, -0.2) is 0 Å². The van der Waals surface area contributed by atoms with E-state index < -0.39 is 0 Å². The highest BCUT2D eigenvalue weighted by Crippen LogP contribution is 2.24. The summed E-state index contributed by atoms with van der Waals surface area (Å²) in [5, 5.41) is 6.44. The summed E-state index contributed by atoms with van der Waals surface area (Å²) in [6.07, 6.45) is 1.44. The Morgan fingerprint density at radius 2 is 1.57 bits per heavy atom. The molecule has 2 fully saturated rings. The summed E-state index contributed by atoms with van der Waals surface area (Å²) in [6, 6.07) is 24.4. The zero-order chi connectivity index (χ0) is 24.0. The number of hydrogen-bond acceptors (Lipinski definition) is 4. The standard InChI is InChI=1S/C29H32N4O2/c34-28-11-4-14-33(28)27-10-3-9-26(19-27)29(35)31-20-22-5-1-7-24(17-22)25-8-2-6-23(18-25)21-32-15-12-30-13-16-32/h1-3,5-10,17-19,30H,4,11-16,20-21H2,(H,31,35). The van der Waals surface area contributed by atoms with Crippen molar-refractivity contribution in [2.45, 2.75) is 25.9 Å². The number of rotatable bonds is 7. The van der Waals surface area contributed by atoms with Crippen molar-refractivity contribution in [3.05, 3.63) is 89.5 Å². The summed E-state index contributed by atoms with van der Waals surface area (Å²) in [4.78, 5) is 29.1. The average Bonchev–Trinajstić information content (AvgIpc) is 3.34. The van der Waals surface area contributed by atoms with Gasteiger partial charge in [-0.1, -0.05) is 42.5 Å². The lowest BCUT2D eigenvalue weighted by Gasteiger charge is -2.27. The maximum atomic E-state index is 12.8. The Bertz CT molecular complexity index is 1200. The predicted molar refractivity (Wildman–Crippen MR) is 139 cm³/mol. The van der Waals surface area contributed by atoms with Gasteiger partial charge in [0.2, 0.25) is 5.91 Å². The van der Waals surface area contributed by atoms with Crippen LogP contribution in [0.1, 0.15) is 34.3 Å². The van der Waals surface area contributed by atoms with E-state index in [2.05, 4.69) is 51.9 Å². The number of piperazine rings is 1. The van der Waals surface area contributed by atoms with E-state index in [9.17, 15) is 9.59 Å². The molecule has 2 heterocycles. The highest BCUT2D eigenvalue weighted by Gasteiger charge is 2.22. The predicted octanol–water partition coefficient (Wildman–Crippen LogP) is 3.82. The van der Waals surface area contributed by atoms with Crippen LogP contribution < -0.4 is 15.5 Å². The van der Waals surface area contributed by atoms with E-state index in [1.807, 2.05) is 24.3 Å². The van der Waals surface area contributed by atoms with Crippen molar-refractivity contribution in [1.82, 2.24) is 15.5 Å². The van der Waals surface area contributed by atoms with Gasteiger partial charge in [0.15, 0.2) is 0 Å². The quantitative estimate of drug-likeness (QED) is 0.554. The van der Waals surface area contributed by atoms with Crippen LogP contribution in [-0.4, -0.2) is 49.4 Å². The van der Waals surface area contributed by atoms with Crippen molar-refractivity contribution in [2.75, 3.05) is 37.6 Å². The molecule has 0 spiro atoms. The minimum Gasteiger partial charge on any atom is -0.348 e. The van der Waals surface area contributed by atoms with Crippen LogP contribution in [0.3, 0.4) is 0 Å². The van der Waals surface area contributed by atoms with Gasteiger partial charge < -0.3 is 15.5 Å². The molecule has 35 heavy (non-hydrogen) atoms. The first-order valence-corrected chi connectivity index (χ1v) is 12.5. The number of nitrogens with zero attached hydrogens (tertiary/aromatic N) is 2. The van der Waals surface area contributed by atoms with Gasteiger partial charge in [0.05, 0.1) is 0 Å². The van der Waals surface area contributed by atoms with E-state index in [1.54, 1.807) is 17.0 Å². The first kappa shape index (κ1) is 23.3. The molecule has 0 unspecified atom stereocenters. The molecule has 0 saturated carbocycles. The molecule has 3 aromatic rings. The molecule has 2 aliphatic rings. The number of benzene rings is 3. The zero-order valence-electron chi connectivity index (χ0n) is 20.0. The lowest BCUT2D eigenvalue weighted by molar-refractivity contribution is -0.117. The second-order valence-electron chi connectivity index (χ2n) is 9.31. The Balaban J connectivity index is 1.23. The summed E-state index contributed by atoms with van der Waals surface area (Å²) in [6.45, 7) is 6.39. The lowest BCUT2D eigenvalue weighted by atomic mass is 10.0. The summed E-state index contributed by atoms with van der Waals surface area (Å²) >= 11 is 0. The molecule has 2 N–H and O–H groups in total. The Kier molecular flexibility index (Phi) is 7.21. The fourth-order valence-electron chi connectivity index (χ4n) is 4.86. The molecular formula is C29H32N4O2. The molecule has 2 aliphatic heterocycles. The van der Waals surface area contributed by atoms with Gasteiger partial charge in [-0.2, -0.15) is 0 Å². The molecule has 5 rings (SSSR count). The van der Waals surface area contributed by atoms with Crippen LogP contribution >= 0.6 is 0 Å². The lowest BCUT2D eigenvalue weighted by Crippen LogP contribution is -2.42. The third kappa shape index (κ3) is 5.78. The topological polar surface area (TPSA) is 64.7 Å². The first-order chi connectivity index (χ1) is 17.2. The zero-order valence-corrected chi connectivity index (χ0v) is 20.0. The van der Waals surface area contributed by atoms with Crippen LogP contribution in [0.2, 0.25) is 0 Å². The minimum atomic E-state index is -0.137. The van der Waals surface area contributed by atoms with Gasteiger partial charge >= 0.3 is 0 Å². The van der Waals surface area contributed by atoms with Gasteiger partial charge in [-0.05, 0) is 59.0 Å². The second kappa shape index (κ2) is 10.8. The molecule has 6 heteroatoms. The number of amides is 2. The van der Waals surface area contributed by atoms with E-state index in [1.165, 1.54) is 11.1 Å². The Labute approximate surface area is 206 Å². The summed E-state index contributed by atoms with van der Waals surface area (Å²) in [5.74, 6) is -0.0155.